The molecule has 4 aromatic rings. The SMILES string of the molecule is Cc1ccc(-n2cccc2/C=N\NC(=O)c2cc3cc([N+](=O)[O-])ccc3o2)c(C)c1. The van der Waals surface area contributed by atoms with E-state index in [4.69, 9.17) is 4.42 Å². The van der Waals surface area contributed by atoms with Crippen molar-refractivity contribution in [3.05, 3.63) is 93.5 Å². The summed E-state index contributed by atoms with van der Waals surface area (Å²) >= 11 is 0. The number of hydrogen-bond donors (Lipinski definition) is 1. The van der Waals surface area contributed by atoms with Gasteiger partial charge >= 0.3 is 5.91 Å². The van der Waals surface area contributed by atoms with Gasteiger partial charge < -0.3 is 8.98 Å². The number of aromatic nitrogens is 1. The Hall–Kier alpha value is -4.20. The predicted molar refractivity (Wildman–Crippen MR) is 113 cm³/mol. The number of nitro benzene ring substituents is 1. The van der Waals surface area contributed by atoms with Crippen molar-refractivity contribution in [2.45, 2.75) is 13.8 Å². The van der Waals surface area contributed by atoms with Gasteiger partial charge in [0.15, 0.2) is 5.76 Å². The van der Waals surface area contributed by atoms with Crippen molar-refractivity contribution >= 4 is 28.8 Å². The van der Waals surface area contributed by atoms with Crippen LogP contribution in [0.25, 0.3) is 16.7 Å². The molecule has 0 fully saturated rings. The fourth-order valence-electron chi connectivity index (χ4n) is 3.26. The van der Waals surface area contributed by atoms with Crippen LogP contribution in [0.5, 0.6) is 0 Å². The van der Waals surface area contributed by atoms with E-state index in [1.54, 1.807) is 6.21 Å². The third kappa shape index (κ3) is 3.70. The number of aryl methyl sites for hydroxylation is 2. The Labute approximate surface area is 171 Å². The van der Waals surface area contributed by atoms with Crippen LogP contribution in [0.4, 0.5) is 5.69 Å². The van der Waals surface area contributed by atoms with Crippen LogP contribution in [0.15, 0.2) is 70.3 Å². The molecule has 8 heteroatoms. The van der Waals surface area contributed by atoms with Crippen molar-refractivity contribution in [3.8, 4) is 5.69 Å². The molecule has 0 atom stereocenters. The molecule has 0 spiro atoms. The zero-order valence-electron chi connectivity index (χ0n) is 16.3. The molecule has 30 heavy (non-hydrogen) atoms. The molecular weight excluding hydrogens is 384 g/mol. The number of hydrazone groups is 1. The van der Waals surface area contributed by atoms with Crippen LogP contribution in [0.1, 0.15) is 27.4 Å². The molecule has 1 amide bonds. The van der Waals surface area contributed by atoms with Crippen LogP contribution in [0.3, 0.4) is 0 Å². The first-order valence-corrected chi connectivity index (χ1v) is 9.19. The zero-order valence-corrected chi connectivity index (χ0v) is 16.3. The largest absolute Gasteiger partial charge is 0.451 e. The van der Waals surface area contributed by atoms with Crippen molar-refractivity contribution < 1.29 is 14.1 Å². The minimum atomic E-state index is -0.547. The van der Waals surface area contributed by atoms with Crippen LogP contribution >= 0.6 is 0 Å². The number of carbonyl (C=O) groups is 1. The smallest absolute Gasteiger partial charge is 0.307 e. The summed E-state index contributed by atoms with van der Waals surface area (Å²) in [5.74, 6) is -0.526. The van der Waals surface area contributed by atoms with Crippen LogP contribution in [-0.2, 0) is 0 Å². The highest BCUT2D eigenvalue weighted by molar-refractivity contribution is 5.96. The van der Waals surface area contributed by atoms with E-state index in [9.17, 15) is 14.9 Å². The second-order valence-electron chi connectivity index (χ2n) is 6.88. The Morgan fingerprint density at radius 3 is 2.77 bits per heavy atom. The summed E-state index contributed by atoms with van der Waals surface area (Å²) < 4.78 is 7.44. The topological polar surface area (TPSA) is 103 Å². The van der Waals surface area contributed by atoms with Crippen LogP contribution < -0.4 is 5.43 Å². The van der Waals surface area contributed by atoms with Gasteiger partial charge in [0.2, 0.25) is 0 Å². The minimum Gasteiger partial charge on any atom is -0.451 e. The second-order valence-corrected chi connectivity index (χ2v) is 6.88. The molecule has 0 bridgehead atoms. The van der Waals surface area contributed by atoms with E-state index in [1.165, 1.54) is 29.8 Å². The Morgan fingerprint density at radius 2 is 2.00 bits per heavy atom. The maximum atomic E-state index is 12.3. The normalized spacial score (nSPS) is 11.3. The van der Waals surface area contributed by atoms with Crippen LogP contribution in [-0.4, -0.2) is 21.6 Å². The number of non-ortho nitro benzene ring substituents is 1. The molecule has 0 saturated heterocycles. The number of carbonyl (C=O) groups excluding carboxylic acids is 1. The zero-order chi connectivity index (χ0) is 21.3. The summed E-state index contributed by atoms with van der Waals surface area (Å²) in [5, 5.41) is 15.4. The highest BCUT2D eigenvalue weighted by Crippen LogP contribution is 2.24. The second kappa shape index (κ2) is 7.67. The number of rotatable bonds is 5. The summed E-state index contributed by atoms with van der Waals surface area (Å²) in [6.07, 6.45) is 3.47. The third-order valence-corrected chi connectivity index (χ3v) is 4.69. The number of amides is 1. The van der Waals surface area contributed by atoms with E-state index >= 15 is 0 Å². The fourth-order valence-corrected chi connectivity index (χ4v) is 3.26. The van der Waals surface area contributed by atoms with Crippen LogP contribution in [0, 0.1) is 24.0 Å². The molecule has 1 N–H and O–H groups in total. The quantitative estimate of drug-likeness (QED) is 0.301. The summed E-state index contributed by atoms with van der Waals surface area (Å²) in [4.78, 5) is 22.7. The first-order chi connectivity index (χ1) is 14.4. The van der Waals surface area contributed by atoms with E-state index in [0.29, 0.717) is 11.0 Å². The fraction of sp³-hybridized carbons (Fsp3) is 0.0909. The lowest BCUT2D eigenvalue weighted by molar-refractivity contribution is -0.384. The highest BCUT2D eigenvalue weighted by Gasteiger charge is 2.14. The van der Waals surface area contributed by atoms with Gasteiger partial charge in [0.25, 0.3) is 5.69 Å². The standard InChI is InChI=1S/C22H18N4O4/c1-14-5-7-19(15(2)10-14)25-9-3-4-18(25)13-23-24-22(27)21-12-16-11-17(26(28)29)6-8-20(16)30-21/h3-13H,1-2H3,(H,24,27)/b23-13-. The van der Waals surface area contributed by atoms with Gasteiger partial charge in [-0.3, -0.25) is 14.9 Å². The van der Waals surface area contributed by atoms with Gasteiger partial charge in [0, 0.05) is 29.4 Å². The van der Waals surface area contributed by atoms with Gasteiger partial charge in [0.1, 0.15) is 5.58 Å². The Morgan fingerprint density at radius 1 is 1.17 bits per heavy atom. The van der Waals surface area contributed by atoms with Crippen LogP contribution in [0.2, 0.25) is 0 Å². The van der Waals surface area contributed by atoms with Crippen molar-refractivity contribution in [3.63, 3.8) is 0 Å². The maximum Gasteiger partial charge on any atom is 0.307 e. The molecule has 2 aromatic heterocycles. The molecule has 2 aromatic carbocycles. The number of furan rings is 1. The van der Waals surface area contributed by atoms with Crippen molar-refractivity contribution in [2.75, 3.05) is 0 Å². The first kappa shape index (κ1) is 19.1. The first-order valence-electron chi connectivity index (χ1n) is 9.19. The molecule has 150 valence electrons. The average molecular weight is 402 g/mol. The molecule has 0 aliphatic carbocycles. The lowest BCUT2D eigenvalue weighted by atomic mass is 10.1. The highest BCUT2D eigenvalue weighted by atomic mass is 16.6. The van der Waals surface area contributed by atoms with Gasteiger partial charge in [-0.25, -0.2) is 5.43 Å². The summed E-state index contributed by atoms with van der Waals surface area (Å²) in [5.41, 5.74) is 6.87. The van der Waals surface area contributed by atoms with E-state index in [2.05, 4.69) is 16.6 Å². The average Bonchev–Trinajstić information content (AvgIpc) is 3.34. The molecule has 0 aliphatic heterocycles. The summed E-state index contributed by atoms with van der Waals surface area (Å²) in [7, 11) is 0. The Kier molecular flexibility index (Phi) is 4.89. The summed E-state index contributed by atoms with van der Waals surface area (Å²) in [6.45, 7) is 4.08. The molecule has 0 unspecified atom stereocenters. The van der Waals surface area contributed by atoms with Gasteiger partial charge in [-0.1, -0.05) is 17.7 Å². The number of benzene rings is 2. The number of hydrogen-bond acceptors (Lipinski definition) is 5. The maximum absolute atomic E-state index is 12.3. The van der Waals surface area contributed by atoms with Crippen molar-refractivity contribution in [1.29, 1.82) is 0 Å². The van der Waals surface area contributed by atoms with E-state index in [1.807, 2.05) is 48.9 Å². The minimum absolute atomic E-state index is 0.0207. The van der Waals surface area contributed by atoms with E-state index < -0.39 is 10.8 Å². The van der Waals surface area contributed by atoms with Gasteiger partial charge in [-0.15, -0.1) is 0 Å². The molecule has 4 rings (SSSR count). The number of nitrogens with zero attached hydrogens (tertiary/aromatic N) is 3. The molecule has 2 heterocycles. The molecular formula is C22H18N4O4. The Balaban J connectivity index is 1.51. The van der Waals surface area contributed by atoms with Gasteiger partial charge in [-0.05, 0) is 49.7 Å². The molecule has 0 saturated carbocycles. The molecule has 0 aliphatic rings. The van der Waals surface area contributed by atoms with Crippen molar-refractivity contribution in [1.82, 2.24) is 9.99 Å². The third-order valence-electron chi connectivity index (χ3n) is 4.69. The number of nitrogens with one attached hydrogen (secondary N) is 1. The number of fused-ring (bicyclic) bond motifs is 1. The molecule has 0 radical (unpaired) electrons. The summed E-state index contributed by atoms with van der Waals surface area (Å²) in [6, 6.07) is 15.6. The monoisotopic (exact) mass is 402 g/mol. The van der Waals surface area contributed by atoms with E-state index in [0.717, 1.165) is 16.9 Å². The van der Waals surface area contributed by atoms with Gasteiger partial charge in [-0.2, -0.15) is 5.10 Å². The molecule has 8 nitrogen and oxygen atoms in total. The van der Waals surface area contributed by atoms with E-state index in [-0.39, 0.29) is 11.4 Å². The van der Waals surface area contributed by atoms with Crippen molar-refractivity contribution in [2.24, 2.45) is 5.10 Å². The predicted octanol–water partition coefficient (Wildman–Crippen LogP) is 4.51. The Bertz CT molecular complexity index is 1300. The lowest BCUT2D eigenvalue weighted by Gasteiger charge is -2.10. The number of nitro groups is 1. The lowest BCUT2D eigenvalue weighted by Crippen LogP contribution is -2.17. The van der Waals surface area contributed by atoms with Gasteiger partial charge in [0.05, 0.1) is 16.8 Å².